The van der Waals surface area contributed by atoms with Gasteiger partial charge in [-0.1, -0.05) is 6.07 Å². The summed E-state index contributed by atoms with van der Waals surface area (Å²) in [5.74, 6) is 0.517. The van der Waals surface area contributed by atoms with Gasteiger partial charge in [-0.2, -0.15) is 0 Å². The summed E-state index contributed by atoms with van der Waals surface area (Å²) in [6.07, 6.45) is 1.73. The van der Waals surface area contributed by atoms with Crippen LogP contribution in [0.1, 0.15) is 0 Å². The van der Waals surface area contributed by atoms with Crippen molar-refractivity contribution in [3.8, 4) is 11.4 Å². The zero-order valence-electron chi connectivity index (χ0n) is 10.7. The SMILES string of the molecule is O=c1[nH]c(=O)c2[nH]c(-c3ccc4ncccc4c3)nc2[nH]1. The normalized spacial score (nSPS) is 11.2. The average Bonchev–Trinajstić information content (AvgIpc) is 2.91. The van der Waals surface area contributed by atoms with Gasteiger partial charge in [-0.3, -0.25) is 19.7 Å². The Bertz CT molecular complexity index is 1090. The van der Waals surface area contributed by atoms with Gasteiger partial charge in [0.1, 0.15) is 11.3 Å². The number of nitrogens with one attached hydrogen (secondary N) is 3. The van der Waals surface area contributed by atoms with Gasteiger partial charge in [0.05, 0.1) is 5.52 Å². The first-order chi connectivity index (χ1) is 10.2. The molecule has 0 aliphatic rings. The molecule has 0 bridgehead atoms. The number of aromatic amines is 3. The van der Waals surface area contributed by atoms with E-state index in [4.69, 9.17) is 0 Å². The Kier molecular flexibility index (Phi) is 2.28. The van der Waals surface area contributed by atoms with E-state index in [0.29, 0.717) is 5.82 Å². The van der Waals surface area contributed by atoms with Crippen LogP contribution in [0, 0.1) is 0 Å². The molecule has 3 N–H and O–H groups in total. The molecule has 0 saturated heterocycles. The topological polar surface area (TPSA) is 107 Å². The highest BCUT2D eigenvalue weighted by atomic mass is 16.2. The Balaban J connectivity index is 1.97. The summed E-state index contributed by atoms with van der Waals surface area (Å²) < 4.78 is 0. The molecular formula is C14H9N5O2. The second kappa shape index (κ2) is 4.14. The molecule has 7 nitrogen and oxygen atoms in total. The van der Waals surface area contributed by atoms with E-state index >= 15 is 0 Å². The van der Waals surface area contributed by atoms with Crippen molar-refractivity contribution < 1.29 is 0 Å². The monoisotopic (exact) mass is 279 g/mol. The second-order valence-electron chi connectivity index (χ2n) is 4.63. The van der Waals surface area contributed by atoms with Gasteiger partial charge in [0.15, 0.2) is 5.65 Å². The van der Waals surface area contributed by atoms with Crippen molar-refractivity contribution in [1.82, 2.24) is 24.9 Å². The highest BCUT2D eigenvalue weighted by molar-refractivity contribution is 5.84. The van der Waals surface area contributed by atoms with Gasteiger partial charge in [-0.25, -0.2) is 9.78 Å². The number of hydrogen-bond donors (Lipinski definition) is 3. The molecule has 0 amide bonds. The maximum atomic E-state index is 11.7. The van der Waals surface area contributed by atoms with Crippen LogP contribution in [0.25, 0.3) is 33.5 Å². The molecule has 4 aromatic rings. The minimum absolute atomic E-state index is 0.241. The van der Waals surface area contributed by atoms with Crippen molar-refractivity contribution in [2.24, 2.45) is 0 Å². The lowest BCUT2D eigenvalue weighted by Gasteiger charge is -1.99. The lowest BCUT2D eigenvalue weighted by Crippen LogP contribution is -2.21. The van der Waals surface area contributed by atoms with E-state index in [9.17, 15) is 9.59 Å². The fraction of sp³-hybridized carbons (Fsp3) is 0. The number of hydrogen-bond acceptors (Lipinski definition) is 4. The zero-order chi connectivity index (χ0) is 14.4. The summed E-state index contributed by atoms with van der Waals surface area (Å²) in [5.41, 5.74) is 1.11. The van der Waals surface area contributed by atoms with E-state index in [1.165, 1.54) is 0 Å². The molecule has 0 aliphatic carbocycles. The molecule has 0 radical (unpaired) electrons. The Morgan fingerprint density at radius 2 is 1.90 bits per heavy atom. The van der Waals surface area contributed by atoms with E-state index in [0.717, 1.165) is 16.5 Å². The molecule has 1 aromatic carbocycles. The number of imidazole rings is 1. The number of fused-ring (bicyclic) bond motifs is 2. The fourth-order valence-electron chi connectivity index (χ4n) is 2.29. The van der Waals surface area contributed by atoms with E-state index in [1.807, 2.05) is 30.3 Å². The van der Waals surface area contributed by atoms with Gasteiger partial charge in [0, 0.05) is 17.1 Å². The van der Waals surface area contributed by atoms with Crippen LogP contribution >= 0.6 is 0 Å². The molecule has 21 heavy (non-hydrogen) atoms. The van der Waals surface area contributed by atoms with Crippen LogP contribution in [0.2, 0.25) is 0 Å². The molecule has 0 atom stereocenters. The summed E-state index contributed by atoms with van der Waals surface area (Å²) >= 11 is 0. The summed E-state index contributed by atoms with van der Waals surface area (Å²) in [6.45, 7) is 0. The van der Waals surface area contributed by atoms with Crippen molar-refractivity contribution in [3.05, 3.63) is 57.4 Å². The molecule has 0 spiro atoms. The molecule has 4 rings (SSSR count). The predicted molar refractivity (Wildman–Crippen MR) is 78.1 cm³/mol. The van der Waals surface area contributed by atoms with Crippen LogP contribution in [0.15, 0.2) is 46.1 Å². The fourth-order valence-corrected chi connectivity index (χ4v) is 2.29. The molecule has 0 aliphatic heterocycles. The van der Waals surface area contributed by atoms with E-state index in [2.05, 4.69) is 24.9 Å². The molecule has 0 unspecified atom stereocenters. The van der Waals surface area contributed by atoms with Crippen LogP contribution in [0.3, 0.4) is 0 Å². The lowest BCUT2D eigenvalue weighted by molar-refractivity contribution is 1.07. The van der Waals surface area contributed by atoms with E-state index < -0.39 is 11.2 Å². The first-order valence-corrected chi connectivity index (χ1v) is 6.28. The number of rotatable bonds is 1. The highest BCUT2D eigenvalue weighted by Gasteiger charge is 2.09. The summed E-state index contributed by atoms with van der Waals surface area (Å²) in [7, 11) is 0. The van der Waals surface area contributed by atoms with Gasteiger partial charge >= 0.3 is 5.69 Å². The molecule has 3 aromatic heterocycles. The predicted octanol–water partition coefficient (Wildman–Crippen LogP) is 1.15. The largest absolute Gasteiger partial charge is 0.332 e. The molecule has 3 heterocycles. The van der Waals surface area contributed by atoms with E-state index in [1.54, 1.807) is 6.20 Å². The van der Waals surface area contributed by atoms with Crippen LogP contribution in [0.5, 0.6) is 0 Å². The van der Waals surface area contributed by atoms with Crippen molar-refractivity contribution in [2.75, 3.05) is 0 Å². The zero-order valence-corrected chi connectivity index (χ0v) is 10.7. The van der Waals surface area contributed by atoms with Gasteiger partial charge in [-0.15, -0.1) is 0 Å². The third-order valence-electron chi connectivity index (χ3n) is 3.27. The minimum atomic E-state index is -0.576. The second-order valence-corrected chi connectivity index (χ2v) is 4.63. The van der Waals surface area contributed by atoms with Crippen molar-refractivity contribution in [2.45, 2.75) is 0 Å². The smallest absolute Gasteiger partial charge is 0.327 e. The number of pyridine rings is 1. The number of aromatic nitrogens is 5. The first kappa shape index (κ1) is 11.6. The van der Waals surface area contributed by atoms with Gasteiger partial charge in [0.2, 0.25) is 0 Å². The third kappa shape index (κ3) is 1.83. The maximum absolute atomic E-state index is 11.7. The summed E-state index contributed by atoms with van der Waals surface area (Å²) in [6, 6.07) is 9.46. The Morgan fingerprint density at radius 3 is 2.81 bits per heavy atom. The minimum Gasteiger partial charge on any atom is -0.332 e. The average molecular weight is 279 g/mol. The first-order valence-electron chi connectivity index (χ1n) is 6.28. The number of benzene rings is 1. The van der Waals surface area contributed by atoms with Gasteiger partial charge < -0.3 is 4.98 Å². The van der Waals surface area contributed by atoms with Crippen LogP contribution in [-0.2, 0) is 0 Å². The Hall–Kier alpha value is -3.22. The van der Waals surface area contributed by atoms with Crippen molar-refractivity contribution >= 4 is 22.1 Å². The Labute approximate surface area is 116 Å². The Morgan fingerprint density at radius 1 is 1.00 bits per heavy atom. The molecule has 0 saturated carbocycles. The third-order valence-corrected chi connectivity index (χ3v) is 3.27. The summed E-state index contributed by atoms with van der Waals surface area (Å²) in [5, 5.41) is 0.970. The molecular weight excluding hydrogens is 270 g/mol. The molecule has 0 fully saturated rings. The van der Waals surface area contributed by atoms with Gasteiger partial charge in [-0.05, 0) is 24.3 Å². The standard InChI is InChI=1S/C14H9N5O2/c20-13-10-12(18-14(21)19-13)17-11(16-10)8-3-4-9-7(6-8)2-1-5-15-9/h1-6H,(H3,16,17,18,19,20,21). The molecule has 102 valence electrons. The van der Waals surface area contributed by atoms with Crippen LogP contribution in [-0.4, -0.2) is 24.9 Å². The quantitative estimate of drug-likeness (QED) is 0.486. The maximum Gasteiger partial charge on any atom is 0.327 e. The lowest BCUT2D eigenvalue weighted by atomic mass is 10.1. The van der Waals surface area contributed by atoms with E-state index in [-0.39, 0.29) is 11.2 Å². The van der Waals surface area contributed by atoms with Crippen molar-refractivity contribution in [3.63, 3.8) is 0 Å². The number of H-pyrrole nitrogens is 3. The van der Waals surface area contributed by atoms with Crippen LogP contribution in [0.4, 0.5) is 0 Å². The highest BCUT2D eigenvalue weighted by Crippen LogP contribution is 2.21. The number of nitrogens with zero attached hydrogens (tertiary/aromatic N) is 2. The van der Waals surface area contributed by atoms with Crippen molar-refractivity contribution in [1.29, 1.82) is 0 Å². The molecule has 7 heteroatoms. The summed E-state index contributed by atoms with van der Waals surface area (Å²) in [4.78, 5) is 39.0. The van der Waals surface area contributed by atoms with Gasteiger partial charge in [0.25, 0.3) is 5.56 Å². The van der Waals surface area contributed by atoms with Crippen LogP contribution < -0.4 is 11.2 Å².